The molecule has 2 aromatic carbocycles. The Morgan fingerprint density at radius 2 is 1.77 bits per heavy atom. The van der Waals surface area contributed by atoms with Gasteiger partial charge in [0, 0.05) is 0 Å². The Hall–Kier alpha value is -2.24. The second-order valence-corrected chi connectivity index (χ2v) is 8.11. The molecule has 1 aromatic heterocycles. The summed E-state index contributed by atoms with van der Waals surface area (Å²) in [4.78, 5) is 3.54. The number of hydrogen-bond acceptors (Lipinski definition) is 5. The Morgan fingerprint density at radius 1 is 1.12 bits per heavy atom. The summed E-state index contributed by atoms with van der Waals surface area (Å²) in [6.07, 6.45) is -4.92. The molecule has 1 atom stereocenters. The average Bonchev–Trinajstić information content (AvgIpc) is 2.92. The number of nitrogen functional groups attached to an aromatic ring is 1. The molecule has 1 heterocycles. The van der Waals surface area contributed by atoms with Crippen LogP contribution in [0.5, 0.6) is 0 Å². The van der Waals surface area contributed by atoms with Crippen LogP contribution in [0.2, 0.25) is 0 Å². The fourth-order valence-electron chi connectivity index (χ4n) is 2.29. The molecule has 3 aromatic rings. The van der Waals surface area contributed by atoms with Crippen molar-refractivity contribution in [2.24, 2.45) is 0 Å². The van der Waals surface area contributed by atoms with Gasteiger partial charge in [-0.2, -0.15) is 17.9 Å². The van der Waals surface area contributed by atoms with Gasteiger partial charge in [-0.15, -0.1) is 0 Å². The van der Waals surface area contributed by atoms with E-state index in [0.717, 1.165) is 41.7 Å². The van der Waals surface area contributed by atoms with E-state index in [2.05, 4.69) is 4.98 Å². The van der Waals surface area contributed by atoms with E-state index in [1.807, 2.05) is 0 Å². The highest BCUT2D eigenvalue weighted by Crippen LogP contribution is 2.34. The molecule has 0 aliphatic rings. The van der Waals surface area contributed by atoms with Crippen LogP contribution in [0.4, 0.5) is 22.7 Å². The molecule has 0 aliphatic heterocycles. The van der Waals surface area contributed by atoms with E-state index in [4.69, 9.17) is 5.73 Å². The summed E-state index contributed by atoms with van der Waals surface area (Å²) in [6, 6.07) is 4.60. The van der Waals surface area contributed by atoms with Gasteiger partial charge in [0.2, 0.25) is 10.0 Å². The molecule has 3 N–H and O–H groups in total. The molecule has 0 spiro atoms. The maximum Gasteiger partial charge on any atom is 0.408 e. The first-order chi connectivity index (χ1) is 12.1. The number of thiazole rings is 1. The van der Waals surface area contributed by atoms with Crippen molar-refractivity contribution in [2.75, 3.05) is 5.73 Å². The van der Waals surface area contributed by atoms with Gasteiger partial charge in [-0.1, -0.05) is 23.5 Å². The van der Waals surface area contributed by atoms with Gasteiger partial charge in [0.15, 0.2) is 5.13 Å². The number of benzene rings is 2. The molecule has 0 aliphatic carbocycles. The molecule has 1 unspecified atom stereocenters. The van der Waals surface area contributed by atoms with Gasteiger partial charge in [0.05, 0.1) is 15.1 Å². The molecule has 0 radical (unpaired) electrons. The lowest BCUT2D eigenvalue weighted by molar-refractivity contribution is -0.153. The largest absolute Gasteiger partial charge is 0.408 e. The predicted octanol–water partition coefficient (Wildman–Crippen LogP) is 3.60. The number of hydrogen-bond donors (Lipinski definition) is 2. The first kappa shape index (κ1) is 18.5. The number of halogens is 4. The fraction of sp³-hybridized carbons (Fsp3) is 0.133. The van der Waals surface area contributed by atoms with E-state index in [-0.39, 0.29) is 15.5 Å². The van der Waals surface area contributed by atoms with Gasteiger partial charge >= 0.3 is 6.18 Å². The number of nitrogens with zero attached hydrogens (tertiary/aromatic N) is 1. The Balaban J connectivity index is 1.99. The van der Waals surface area contributed by atoms with Gasteiger partial charge in [-0.25, -0.2) is 17.8 Å². The van der Waals surface area contributed by atoms with Crippen molar-refractivity contribution in [3.63, 3.8) is 0 Å². The number of sulfonamides is 1. The van der Waals surface area contributed by atoms with Crippen LogP contribution in [0.1, 0.15) is 11.6 Å². The fourth-order valence-corrected chi connectivity index (χ4v) is 4.24. The zero-order chi connectivity index (χ0) is 19.1. The van der Waals surface area contributed by atoms with Crippen LogP contribution in [0, 0.1) is 5.82 Å². The van der Waals surface area contributed by atoms with E-state index in [1.54, 1.807) is 4.72 Å². The molecule has 26 heavy (non-hydrogen) atoms. The maximum absolute atomic E-state index is 13.4. The third kappa shape index (κ3) is 3.79. The minimum atomic E-state index is -4.92. The number of nitrogens with one attached hydrogen (secondary N) is 1. The molecule has 3 rings (SSSR count). The molecule has 5 nitrogen and oxygen atoms in total. The van der Waals surface area contributed by atoms with Crippen molar-refractivity contribution in [1.29, 1.82) is 0 Å². The van der Waals surface area contributed by atoms with Gasteiger partial charge < -0.3 is 5.73 Å². The number of aromatic nitrogens is 1. The third-order valence-electron chi connectivity index (χ3n) is 3.49. The van der Waals surface area contributed by atoms with Gasteiger partial charge in [0.25, 0.3) is 0 Å². The Morgan fingerprint density at radius 3 is 2.38 bits per heavy atom. The lowest BCUT2D eigenvalue weighted by atomic mass is 10.1. The summed E-state index contributed by atoms with van der Waals surface area (Å²) < 4.78 is 80.2. The Bertz CT molecular complexity index is 1050. The summed E-state index contributed by atoms with van der Waals surface area (Å²) in [5.41, 5.74) is 5.37. The minimum absolute atomic E-state index is 0.210. The SMILES string of the molecule is Nc1nc2cc(S(=O)(=O)NC(c3ccc(F)cc3)C(F)(F)F)ccc2s1. The quantitative estimate of drug-likeness (QED) is 0.650. The van der Waals surface area contributed by atoms with E-state index >= 15 is 0 Å². The van der Waals surface area contributed by atoms with Crippen LogP contribution >= 0.6 is 11.3 Å². The van der Waals surface area contributed by atoms with Crippen molar-refractivity contribution < 1.29 is 26.0 Å². The summed E-state index contributed by atoms with van der Waals surface area (Å²) in [6.45, 7) is 0. The van der Waals surface area contributed by atoms with Crippen LogP contribution < -0.4 is 10.5 Å². The number of fused-ring (bicyclic) bond motifs is 1. The Labute approximate surface area is 149 Å². The number of alkyl halides is 3. The number of nitrogens with two attached hydrogens (primary N) is 1. The van der Waals surface area contributed by atoms with Gasteiger partial charge in [-0.05, 0) is 35.9 Å². The molecular weight excluding hydrogens is 394 g/mol. The van der Waals surface area contributed by atoms with Crippen molar-refractivity contribution in [1.82, 2.24) is 9.71 Å². The zero-order valence-corrected chi connectivity index (χ0v) is 14.4. The second-order valence-electron chi connectivity index (χ2n) is 5.33. The topological polar surface area (TPSA) is 85.1 Å². The summed E-state index contributed by atoms with van der Waals surface area (Å²) >= 11 is 1.12. The first-order valence-electron chi connectivity index (χ1n) is 7.07. The predicted molar refractivity (Wildman–Crippen MR) is 89.5 cm³/mol. The van der Waals surface area contributed by atoms with E-state index in [0.29, 0.717) is 4.70 Å². The minimum Gasteiger partial charge on any atom is -0.375 e. The van der Waals surface area contributed by atoms with Crippen LogP contribution in [0.15, 0.2) is 47.4 Å². The molecule has 0 bridgehead atoms. The van der Waals surface area contributed by atoms with Gasteiger partial charge in [-0.3, -0.25) is 0 Å². The normalized spacial score (nSPS) is 13.8. The monoisotopic (exact) mass is 405 g/mol. The van der Waals surface area contributed by atoms with Crippen molar-refractivity contribution >= 4 is 36.7 Å². The average molecular weight is 405 g/mol. The van der Waals surface area contributed by atoms with Crippen molar-refractivity contribution in [3.8, 4) is 0 Å². The molecule has 11 heteroatoms. The van der Waals surface area contributed by atoms with Crippen LogP contribution in [0.25, 0.3) is 10.2 Å². The van der Waals surface area contributed by atoms with Crippen molar-refractivity contribution in [2.45, 2.75) is 17.1 Å². The highest BCUT2D eigenvalue weighted by atomic mass is 32.2. The molecule has 0 fully saturated rings. The third-order valence-corrected chi connectivity index (χ3v) is 5.78. The molecule has 0 amide bonds. The van der Waals surface area contributed by atoms with Crippen LogP contribution in [-0.2, 0) is 10.0 Å². The zero-order valence-electron chi connectivity index (χ0n) is 12.8. The lowest BCUT2D eigenvalue weighted by Crippen LogP contribution is -2.38. The Kier molecular flexibility index (Phi) is 4.63. The summed E-state index contributed by atoms with van der Waals surface area (Å²) in [7, 11) is -4.52. The van der Waals surface area contributed by atoms with E-state index in [1.165, 1.54) is 12.1 Å². The molecule has 0 saturated heterocycles. The maximum atomic E-state index is 13.4. The first-order valence-corrected chi connectivity index (χ1v) is 9.37. The smallest absolute Gasteiger partial charge is 0.375 e. The highest BCUT2D eigenvalue weighted by molar-refractivity contribution is 7.89. The van der Waals surface area contributed by atoms with Gasteiger partial charge in [0.1, 0.15) is 11.9 Å². The van der Waals surface area contributed by atoms with Crippen molar-refractivity contribution in [3.05, 3.63) is 53.8 Å². The van der Waals surface area contributed by atoms with Crippen LogP contribution in [-0.4, -0.2) is 19.6 Å². The number of rotatable bonds is 4. The van der Waals surface area contributed by atoms with E-state index in [9.17, 15) is 26.0 Å². The second kappa shape index (κ2) is 6.49. The molecule has 0 saturated carbocycles. The summed E-state index contributed by atoms with van der Waals surface area (Å²) in [5, 5.41) is 0.210. The van der Waals surface area contributed by atoms with Crippen LogP contribution in [0.3, 0.4) is 0 Å². The number of anilines is 1. The standard InChI is InChI=1S/C15H11F4N3O2S2/c16-9-3-1-8(2-4-9)13(15(17,18)19)22-26(23,24)10-5-6-12-11(7-10)21-14(20)25-12/h1-7,13,22H,(H2,20,21). The molecule has 138 valence electrons. The van der Waals surface area contributed by atoms with E-state index < -0.39 is 33.6 Å². The molecular formula is C15H11F4N3O2S2. The highest BCUT2D eigenvalue weighted by Gasteiger charge is 2.43. The summed E-state index contributed by atoms with van der Waals surface area (Å²) in [5.74, 6) is -0.732. The lowest BCUT2D eigenvalue weighted by Gasteiger charge is -2.22.